The second-order valence-corrected chi connectivity index (χ2v) is 6.28. The maximum absolute atomic E-state index is 5.90. The van der Waals surface area contributed by atoms with Gasteiger partial charge in [0.15, 0.2) is 0 Å². The van der Waals surface area contributed by atoms with Gasteiger partial charge in [0.05, 0.1) is 19.3 Å². The van der Waals surface area contributed by atoms with E-state index in [1.807, 2.05) is 12.1 Å². The third-order valence-electron chi connectivity index (χ3n) is 4.35. The van der Waals surface area contributed by atoms with Gasteiger partial charge in [0.2, 0.25) is 0 Å². The largest absolute Gasteiger partial charge is 0.497 e. The first-order valence-corrected chi connectivity index (χ1v) is 7.85. The standard InChI is InChI=1S/C17H25NO3/c1-11-6-14(7-12(2)21-11)18-15-8-13-4-5-16(19-3)9-17(13)20-10-15/h4-5,9,11-12,14-15,18H,6-8,10H2,1-3H3/t11-,12+,14?,15-/m1/s1. The third-order valence-corrected chi connectivity index (χ3v) is 4.35. The van der Waals surface area contributed by atoms with E-state index in [9.17, 15) is 0 Å². The third kappa shape index (κ3) is 3.50. The number of fused-ring (bicyclic) bond motifs is 1. The van der Waals surface area contributed by atoms with Gasteiger partial charge in [0.25, 0.3) is 0 Å². The molecule has 2 heterocycles. The average Bonchev–Trinajstić information content (AvgIpc) is 2.45. The van der Waals surface area contributed by atoms with Crippen LogP contribution in [0.2, 0.25) is 0 Å². The van der Waals surface area contributed by atoms with Gasteiger partial charge < -0.3 is 19.5 Å². The van der Waals surface area contributed by atoms with Gasteiger partial charge in [0, 0.05) is 18.2 Å². The minimum absolute atomic E-state index is 0.340. The minimum atomic E-state index is 0.340. The number of hydrogen-bond acceptors (Lipinski definition) is 4. The molecule has 4 atom stereocenters. The highest BCUT2D eigenvalue weighted by molar-refractivity contribution is 5.42. The van der Waals surface area contributed by atoms with Crippen LogP contribution in [-0.2, 0) is 11.2 Å². The molecule has 1 N–H and O–H groups in total. The van der Waals surface area contributed by atoms with E-state index >= 15 is 0 Å². The van der Waals surface area contributed by atoms with Gasteiger partial charge in [-0.15, -0.1) is 0 Å². The molecule has 21 heavy (non-hydrogen) atoms. The lowest BCUT2D eigenvalue weighted by Crippen LogP contribution is -2.49. The molecule has 0 saturated carbocycles. The van der Waals surface area contributed by atoms with Gasteiger partial charge in [-0.1, -0.05) is 6.07 Å². The van der Waals surface area contributed by atoms with Crippen LogP contribution >= 0.6 is 0 Å². The molecule has 2 aliphatic heterocycles. The Kier molecular flexibility index (Phi) is 4.36. The monoisotopic (exact) mass is 291 g/mol. The van der Waals surface area contributed by atoms with Crippen molar-refractivity contribution in [3.8, 4) is 11.5 Å². The molecule has 1 unspecified atom stereocenters. The lowest BCUT2D eigenvalue weighted by molar-refractivity contribution is -0.0444. The summed E-state index contributed by atoms with van der Waals surface area (Å²) in [6, 6.07) is 7.00. The van der Waals surface area contributed by atoms with Crippen molar-refractivity contribution in [1.29, 1.82) is 0 Å². The van der Waals surface area contributed by atoms with Gasteiger partial charge in [-0.25, -0.2) is 0 Å². The Balaban J connectivity index is 1.61. The average molecular weight is 291 g/mol. The van der Waals surface area contributed by atoms with Crippen molar-refractivity contribution in [2.75, 3.05) is 13.7 Å². The lowest BCUT2D eigenvalue weighted by Gasteiger charge is -2.36. The molecule has 1 fully saturated rings. The zero-order valence-electron chi connectivity index (χ0n) is 13.1. The fourth-order valence-electron chi connectivity index (χ4n) is 3.46. The van der Waals surface area contributed by atoms with Crippen molar-refractivity contribution in [3.63, 3.8) is 0 Å². The van der Waals surface area contributed by atoms with Crippen LogP contribution in [0.5, 0.6) is 11.5 Å². The van der Waals surface area contributed by atoms with Crippen molar-refractivity contribution in [2.24, 2.45) is 0 Å². The SMILES string of the molecule is COc1ccc2c(c1)OC[C@H](NC1C[C@@H](C)O[C@@H](C)C1)C2. The first kappa shape index (κ1) is 14.7. The number of hydrogen-bond donors (Lipinski definition) is 1. The Morgan fingerprint density at radius 1 is 1.14 bits per heavy atom. The maximum Gasteiger partial charge on any atom is 0.126 e. The molecule has 0 spiro atoms. The Labute approximate surface area is 126 Å². The summed E-state index contributed by atoms with van der Waals surface area (Å²) in [5, 5.41) is 3.75. The quantitative estimate of drug-likeness (QED) is 0.929. The molecule has 1 aromatic rings. The van der Waals surface area contributed by atoms with E-state index in [4.69, 9.17) is 14.2 Å². The summed E-state index contributed by atoms with van der Waals surface area (Å²) in [4.78, 5) is 0. The van der Waals surface area contributed by atoms with Crippen LogP contribution < -0.4 is 14.8 Å². The molecule has 1 saturated heterocycles. The minimum Gasteiger partial charge on any atom is -0.497 e. The summed E-state index contributed by atoms with van der Waals surface area (Å²) < 4.78 is 16.9. The van der Waals surface area contributed by atoms with Gasteiger partial charge in [-0.2, -0.15) is 0 Å². The molecular formula is C17H25NO3. The van der Waals surface area contributed by atoms with Gasteiger partial charge in [0.1, 0.15) is 18.1 Å². The Hall–Kier alpha value is -1.26. The van der Waals surface area contributed by atoms with Crippen LogP contribution in [0, 0.1) is 0 Å². The molecule has 0 aliphatic carbocycles. The number of rotatable bonds is 3. The fourth-order valence-corrected chi connectivity index (χ4v) is 3.46. The van der Waals surface area contributed by atoms with E-state index in [1.165, 1.54) is 5.56 Å². The summed E-state index contributed by atoms with van der Waals surface area (Å²) >= 11 is 0. The van der Waals surface area contributed by atoms with Crippen LogP contribution in [0.3, 0.4) is 0 Å². The molecule has 0 amide bonds. The molecule has 2 aliphatic rings. The predicted octanol–water partition coefficient (Wildman–Crippen LogP) is 2.54. The van der Waals surface area contributed by atoms with E-state index in [0.717, 1.165) is 37.4 Å². The van der Waals surface area contributed by atoms with E-state index < -0.39 is 0 Å². The number of benzene rings is 1. The summed E-state index contributed by atoms with van der Waals surface area (Å²) in [5.74, 6) is 1.81. The zero-order chi connectivity index (χ0) is 14.8. The number of nitrogens with one attached hydrogen (secondary N) is 1. The first-order valence-electron chi connectivity index (χ1n) is 7.85. The van der Waals surface area contributed by atoms with Gasteiger partial charge >= 0.3 is 0 Å². The fraction of sp³-hybridized carbons (Fsp3) is 0.647. The second-order valence-electron chi connectivity index (χ2n) is 6.28. The van der Waals surface area contributed by atoms with E-state index in [0.29, 0.717) is 24.3 Å². The molecule has 4 nitrogen and oxygen atoms in total. The van der Waals surface area contributed by atoms with Crippen molar-refractivity contribution in [3.05, 3.63) is 23.8 Å². The van der Waals surface area contributed by atoms with E-state index in [2.05, 4.69) is 25.2 Å². The molecule has 116 valence electrons. The predicted molar refractivity (Wildman–Crippen MR) is 82.1 cm³/mol. The topological polar surface area (TPSA) is 39.7 Å². The Bertz CT molecular complexity index is 481. The summed E-state index contributed by atoms with van der Waals surface area (Å²) in [6.45, 7) is 5.03. The first-order chi connectivity index (χ1) is 10.1. The molecule has 1 aromatic carbocycles. The van der Waals surface area contributed by atoms with Crippen molar-refractivity contribution in [1.82, 2.24) is 5.32 Å². The Morgan fingerprint density at radius 2 is 1.90 bits per heavy atom. The molecule has 4 heteroatoms. The highest BCUT2D eigenvalue weighted by Crippen LogP contribution is 2.29. The number of ether oxygens (including phenoxy) is 3. The van der Waals surface area contributed by atoms with Crippen molar-refractivity contribution >= 4 is 0 Å². The van der Waals surface area contributed by atoms with Gasteiger partial charge in [-0.3, -0.25) is 0 Å². The van der Waals surface area contributed by atoms with E-state index in [1.54, 1.807) is 7.11 Å². The molecule has 0 radical (unpaired) electrons. The lowest BCUT2D eigenvalue weighted by atomic mass is 9.96. The van der Waals surface area contributed by atoms with Crippen LogP contribution in [0.25, 0.3) is 0 Å². The van der Waals surface area contributed by atoms with Crippen LogP contribution in [-0.4, -0.2) is 38.0 Å². The summed E-state index contributed by atoms with van der Waals surface area (Å²) in [7, 11) is 1.68. The van der Waals surface area contributed by atoms with Crippen LogP contribution in [0.1, 0.15) is 32.3 Å². The summed E-state index contributed by atoms with van der Waals surface area (Å²) in [6.07, 6.45) is 3.85. The zero-order valence-corrected chi connectivity index (χ0v) is 13.1. The van der Waals surface area contributed by atoms with Crippen molar-refractivity contribution in [2.45, 2.75) is 57.4 Å². The number of methoxy groups -OCH3 is 1. The highest BCUT2D eigenvalue weighted by atomic mass is 16.5. The van der Waals surface area contributed by atoms with Crippen LogP contribution in [0.4, 0.5) is 0 Å². The van der Waals surface area contributed by atoms with Crippen LogP contribution in [0.15, 0.2) is 18.2 Å². The maximum atomic E-state index is 5.90. The van der Waals surface area contributed by atoms with Gasteiger partial charge in [-0.05, 0) is 44.7 Å². The normalized spacial score (nSPS) is 32.1. The van der Waals surface area contributed by atoms with Crippen molar-refractivity contribution < 1.29 is 14.2 Å². The molecule has 3 rings (SSSR count). The second kappa shape index (κ2) is 6.24. The highest BCUT2D eigenvalue weighted by Gasteiger charge is 2.28. The smallest absolute Gasteiger partial charge is 0.126 e. The molecular weight excluding hydrogens is 266 g/mol. The van der Waals surface area contributed by atoms with E-state index in [-0.39, 0.29) is 0 Å². The Morgan fingerprint density at radius 3 is 2.62 bits per heavy atom. The summed E-state index contributed by atoms with van der Waals surface area (Å²) in [5.41, 5.74) is 1.26. The molecule has 0 bridgehead atoms. The molecule has 0 aromatic heterocycles.